The number of Topliss-reactive ketones (excluding diaryl/α,β-unsaturated/α-hetero) is 1. The summed E-state index contributed by atoms with van der Waals surface area (Å²) < 4.78 is 57.5. The Balaban J connectivity index is 1.65. The number of carboxylic acid groups (broad SMARTS) is 1. The van der Waals surface area contributed by atoms with Crippen LogP contribution in [0.5, 0.6) is 0 Å². The van der Waals surface area contributed by atoms with Crippen LogP contribution >= 0.6 is 23.2 Å². The van der Waals surface area contributed by atoms with Crippen molar-refractivity contribution in [1.82, 2.24) is 14.7 Å². The standard InChI is InChI=1S/C27H29Cl2F4N3O4/c1-25(24(39)40)7-5-16(6-8-25)36-22(27(31,32)33)17(13-34-36)23(38)35(12-11-26(15-30)9-10-26)14-20(37)21-18(28)3-2-4-19(21)29/h2-4,13,16H,5-12,14-15H2,1H3,(H,39,40)/t16-,25-. The molecular formula is C27H29Cl2F4N3O4. The van der Waals surface area contributed by atoms with E-state index in [1.165, 1.54) is 18.2 Å². The molecule has 4 rings (SSSR count). The van der Waals surface area contributed by atoms with E-state index >= 15 is 0 Å². The summed E-state index contributed by atoms with van der Waals surface area (Å²) in [7, 11) is 0. The van der Waals surface area contributed by atoms with E-state index in [2.05, 4.69) is 5.10 Å². The number of aromatic nitrogens is 2. The highest BCUT2D eigenvalue weighted by molar-refractivity contribution is 6.40. The van der Waals surface area contributed by atoms with Crippen LogP contribution in [-0.4, -0.2) is 57.2 Å². The summed E-state index contributed by atoms with van der Waals surface area (Å²) in [5.41, 5.74) is -3.76. The number of hydrogen-bond acceptors (Lipinski definition) is 4. The molecule has 2 aliphatic carbocycles. The molecule has 40 heavy (non-hydrogen) atoms. The van der Waals surface area contributed by atoms with Crippen molar-refractivity contribution in [1.29, 1.82) is 0 Å². The molecule has 0 spiro atoms. The molecule has 0 saturated heterocycles. The molecule has 1 heterocycles. The number of carbonyl (C=O) groups excluding carboxylic acids is 2. The molecule has 2 aromatic rings. The van der Waals surface area contributed by atoms with Crippen molar-refractivity contribution in [2.24, 2.45) is 10.8 Å². The number of nitrogens with zero attached hydrogens (tertiary/aromatic N) is 3. The van der Waals surface area contributed by atoms with Gasteiger partial charge in [0.05, 0.1) is 52.0 Å². The van der Waals surface area contributed by atoms with Crippen molar-refractivity contribution >= 4 is 40.9 Å². The van der Waals surface area contributed by atoms with Gasteiger partial charge in [0.1, 0.15) is 0 Å². The van der Waals surface area contributed by atoms with E-state index in [1.54, 1.807) is 6.92 Å². The van der Waals surface area contributed by atoms with Crippen LogP contribution in [0.25, 0.3) is 0 Å². The van der Waals surface area contributed by atoms with Crippen LogP contribution < -0.4 is 0 Å². The minimum atomic E-state index is -4.96. The summed E-state index contributed by atoms with van der Waals surface area (Å²) in [6.45, 7) is 0.146. The maximum atomic E-state index is 14.4. The first-order valence-corrected chi connectivity index (χ1v) is 13.7. The quantitative estimate of drug-likeness (QED) is 0.235. The Kier molecular flexibility index (Phi) is 8.57. The Morgan fingerprint density at radius 3 is 2.23 bits per heavy atom. The lowest BCUT2D eigenvalue weighted by molar-refractivity contribution is -0.152. The molecule has 0 atom stereocenters. The third-order valence-corrected chi connectivity index (χ3v) is 8.86. The Morgan fingerprint density at radius 2 is 1.73 bits per heavy atom. The Hall–Kier alpha value is -2.66. The number of carboxylic acids is 1. The SMILES string of the molecule is C[C@]1(C(=O)O)CC[C@H](n2ncc(C(=O)N(CCC3(CF)CC3)CC(=O)c3c(Cl)cccc3Cl)c2C(F)(F)F)CC1. The fraction of sp³-hybridized carbons (Fsp3) is 0.556. The van der Waals surface area contributed by atoms with Crippen molar-refractivity contribution in [3.63, 3.8) is 0 Å². The first-order chi connectivity index (χ1) is 18.7. The fourth-order valence-electron chi connectivity index (χ4n) is 5.22. The van der Waals surface area contributed by atoms with E-state index < -0.39 is 65.2 Å². The van der Waals surface area contributed by atoms with Crippen LogP contribution in [0, 0.1) is 10.8 Å². The van der Waals surface area contributed by atoms with Gasteiger partial charge in [-0.2, -0.15) is 18.3 Å². The molecular weight excluding hydrogens is 577 g/mol. The maximum absolute atomic E-state index is 14.4. The lowest BCUT2D eigenvalue weighted by Gasteiger charge is -2.34. The minimum absolute atomic E-state index is 0.0294. The van der Waals surface area contributed by atoms with Gasteiger partial charge in [-0.15, -0.1) is 0 Å². The second-order valence-corrected chi connectivity index (χ2v) is 11.9. The summed E-state index contributed by atoms with van der Waals surface area (Å²) in [6.07, 6.45) is -2.23. The molecule has 0 bridgehead atoms. The number of benzene rings is 1. The molecule has 2 aliphatic rings. The van der Waals surface area contributed by atoms with Crippen molar-refractivity contribution in [3.05, 3.63) is 51.3 Å². The number of carbonyl (C=O) groups is 3. The number of aliphatic carboxylic acids is 1. The van der Waals surface area contributed by atoms with Gasteiger partial charge in [0.15, 0.2) is 11.5 Å². The summed E-state index contributed by atoms with van der Waals surface area (Å²) in [5, 5.41) is 13.5. The van der Waals surface area contributed by atoms with E-state index in [0.717, 1.165) is 15.8 Å². The van der Waals surface area contributed by atoms with Crippen LogP contribution in [0.1, 0.15) is 84.3 Å². The van der Waals surface area contributed by atoms with Crippen molar-refractivity contribution in [3.8, 4) is 0 Å². The van der Waals surface area contributed by atoms with Crippen molar-refractivity contribution in [2.75, 3.05) is 19.8 Å². The zero-order valence-electron chi connectivity index (χ0n) is 21.7. The van der Waals surface area contributed by atoms with E-state index in [0.29, 0.717) is 12.8 Å². The number of halogens is 6. The highest BCUT2D eigenvalue weighted by atomic mass is 35.5. The van der Waals surface area contributed by atoms with Gasteiger partial charge in [-0.1, -0.05) is 29.3 Å². The van der Waals surface area contributed by atoms with Gasteiger partial charge in [-0.3, -0.25) is 23.5 Å². The second-order valence-electron chi connectivity index (χ2n) is 11.1. The van der Waals surface area contributed by atoms with Gasteiger partial charge >= 0.3 is 12.1 Å². The summed E-state index contributed by atoms with van der Waals surface area (Å²) in [5.74, 6) is -2.76. The monoisotopic (exact) mass is 605 g/mol. The Labute approximate surface area is 238 Å². The van der Waals surface area contributed by atoms with Gasteiger partial charge in [0.2, 0.25) is 0 Å². The van der Waals surface area contributed by atoms with Crippen LogP contribution in [0.2, 0.25) is 10.0 Å². The van der Waals surface area contributed by atoms with Crippen molar-refractivity contribution in [2.45, 2.75) is 64.1 Å². The predicted molar refractivity (Wildman–Crippen MR) is 139 cm³/mol. The average molecular weight is 606 g/mol. The maximum Gasteiger partial charge on any atom is 0.433 e. The fourth-order valence-corrected chi connectivity index (χ4v) is 5.82. The van der Waals surface area contributed by atoms with Gasteiger partial charge in [-0.25, -0.2) is 0 Å². The first-order valence-electron chi connectivity index (χ1n) is 12.9. The van der Waals surface area contributed by atoms with Crippen LogP contribution in [0.4, 0.5) is 17.6 Å². The molecule has 2 fully saturated rings. The summed E-state index contributed by atoms with van der Waals surface area (Å²) in [6, 6.07) is 3.63. The minimum Gasteiger partial charge on any atom is -0.481 e. The van der Waals surface area contributed by atoms with Gasteiger partial charge < -0.3 is 10.0 Å². The largest absolute Gasteiger partial charge is 0.481 e. The molecule has 7 nitrogen and oxygen atoms in total. The van der Waals surface area contributed by atoms with Crippen LogP contribution in [0.3, 0.4) is 0 Å². The third kappa shape index (κ3) is 6.15. The van der Waals surface area contributed by atoms with E-state index in [4.69, 9.17) is 23.2 Å². The Bertz CT molecular complexity index is 1280. The molecule has 13 heteroatoms. The molecule has 1 amide bonds. The van der Waals surface area contributed by atoms with E-state index in [9.17, 15) is 37.1 Å². The summed E-state index contributed by atoms with van der Waals surface area (Å²) in [4.78, 5) is 39.4. The molecule has 2 saturated carbocycles. The molecule has 0 unspecified atom stereocenters. The Morgan fingerprint density at radius 1 is 1.12 bits per heavy atom. The highest BCUT2D eigenvalue weighted by Gasteiger charge is 2.46. The smallest absolute Gasteiger partial charge is 0.433 e. The number of ketones is 1. The summed E-state index contributed by atoms with van der Waals surface area (Å²) >= 11 is 12.3. The third-order valence-electron chi connectivity index (χ3n) is 8.23. The molecule has 0 aliphatic heterocycles. The van der Waals surface area contributed by atoms with E-state index in [-0.39, 0.29) is 54.3 Å². The number of amides is 1. The second kappa shape index (κ2) is 11.3. The lowest BCUT2D eigenvalue weighted by atomic mass is 9.74. The van der Waals surface area contributed by atoms with Gasteiger partial charge in [0, 0.05) is 12.0 Å². The highest BCUT2D eigenvalue weighted by Crippen LogP contribution is 2.49. The molecule has 1 aromatic carbocycles. The normalized spacial score (nSPS) is 22.1. The van der Waals surface area contributed by atoms with Crippen LogP contribution in [-0.2, 0) is 11.0 Å². The number of hydrogen-bond donors (Lipinski definition) is 1. The average Bonchev–Trinajstić information content (AvgIpc) is 3.53. The zero-order valence-corrected chi connectivity index (χ0v) is 23.3. The van der Waals surface area contributed by atoms with Gasteiger partial charge in [-0.05, 0) is 64.0 Å². The zero-order chi connectivity index (χ0) is 29.5. The van der Waals surface area contributed by atoms with Crippen molar-refractivity contribution < 1.29 is 37.1 Å². The first kappa shape index (κ1) is 30.3. The van der Waals surface area contributed by atoms with Gasteiger partial charge in [0.25, 0.3) is 5.91 Å². The number of alkyl halides is 4. The number of rotatable bonds is 10. The lowest BCUT2D eigenvalue weighted by Crippen LogP contribution is -2.39. The predicted octanol–water partition coefficient (Wildman–Crippen LogP) is 6.88. The molecule has 1 N–H and O–H groups in total. The molecule has 218 valence electrons. The van der Waals surface area contributed by atoms with E-state index in [1.807, 2.05) is 0 Å². The topological polar surface area (TPSA) is 92.5 Å². The molecule has 0 radical (unpaired) electrons. The van der Waals surface area contributed by atoms with Crippen LogP contribution in [0.15, 0.2) is 24.4 Å². The molecule has 1 aromatic heterocycles.